The Morgan fingerprint density at radius 3 is 2.45 bits per heavy atom. The summed E-state index contributed by atoms with van der Waals surface area (Å²) in [6.07, 6.45) is -2.43. The molecule has 2 unspecified atom stereocenters. The maximum atomic E-state index is 13.3. The van der Waals surface area contributed by atoms with Crippen molar-refractivity contribution in [3.05, 3.63) is 35.9 Å². The van der Waals surface area contributed by atoms with Crippen LogP contribution < -0.4 is 0 Å². The molecule has 1 aromatic rings. The van der Waals surface area contributed by atoms with E-state index in [2.05, 4.69) is 11.8 Å². The van der Waals surface area contributed by atoms with Crippen LogP contribution in [-0.2, 0) is 4.74 Å². The van der Waals surface area contributed by atoms with Gasteiger partial charge in [-0.15, -0.1) is 0 Å². The van der Waals surface area contributed by atoms with Gasteiger partial charge in [0.05, 0.1) is 5.22 Å². The van der Waals surface area contributed by atoms with Crippen LogP contribution in [0.15, 0.2) is 30.3 Å². The molecule has 1 fully saturated rings. The molecule has 2 rings (SSSR count). The Morgan fingerprint density at radius 2 is 1.90 bits per heavy atom. The molecule has 0 aromatic heterocycles. The summed E-state index contributed by atoms with van der Waals surface area (Å²) in [6, 6.07) is 8.70. The third-order valence-corrected chi connectivity index (χ3v) is 5.05. The lowest BCUT2D eigenvalue weighted by Gasteiger charge is -2.15. The van der Waals surface area contributed by atoms with Crippen molar-refractivity contribution in [1.29, 1.82) is 0 Å². The van der Waals surface area contributed by atoms with Crippen LogP contribution >= 0.6 is 0 Å². The molecule has 0 spiro atoms. The zero-order valence-electron chi connectivity index (χ0n) is 11.6. The second-order valence-corrected chi connectivity index (χ2v) is 6.85. The van der Waals surface area contributed by atoms with Gasteiger partial charge in [-0.25, -0.2) is 0 Å². The zero-order chi connectivity index (χ0) is 14.9. The van der Waals surface area contributed by atoms with E-state index in [4.69, 9.17) is 4.74 Å². The predicted octanol–water partition coefficient (Wildman–Crippen LogP) is 2.62. The van der Waals surface area contributed by atoms with Crippen molar-refractivity contribution in [3.63, 3.8) is 0 Å². The molecule has 2 atom stereocenters. The summed E-state index contributed by atoms with van der Waals surface area (Å²) in [4.78, 5) is 0. The number of halogens is 3. The van der Waals surface area contributed by atoms with E-state index in [0.717, 1.165) is 12.8 Å². The van der Waals surface area contributed by atoms with Crippen LogP contribution in [-0.4, -0.2) is 27.2 Å². The molecule has 20 heavy (non-hydrogen) atoms. The van der Waals surface area contributed by atoms with Crippen LogP contribution in [0.4, 0.5) is 13.2 Å². The number of hydrogen-bond acceptors (Lipinski definition) is 1. The van der Waals surface area contributed by atoms with Gasteiger partial charge in [-0.3, -0.25) is 0 Å². The van der Waals surface area contributed by atoms with Gasteiger partial charge in [-0.1, -0.05) is 49.8 Å². The fourth-order valence-electron chi connectivity index (χ4n) is 2.32. The molecule has 1 aromatic carbocycles. The first-order valence-electron chi connectivity index (χ1n) is 6.70. The summed E-state index contributed by atoms with van der Waals surface area (Å²) in [5.74, 6) is 4.98. The number of benzene rings is 1. The number of alkyl halides is 3. The Hall–Kier alpha value is -1.25. The molecule has 0 radical (unpaired) electrons. The first kappa shape index (κ1) is 15.1. The molecule has 108 valence electrons. The van der Waals surface area contributed by atoms with Gasteiger partial charge in [0.1, 0.15) is 0 Å². The highest BCUT2D eigenvalue weighted by molar-refractivity contribution is 6.18. The largest absolute Gasteiger partial charge is 0.431 e. The molecule has 1 nitrogen and oxygen atoms in total. The molecule has 0 aliphatic carbocycles. The Balaban J connectivity index is 2.27. The highest BCUT2D eigenvalue weighted by atomic mass is 28.1. The van der Waals surface area contributed by atoms with Crippen LogP contribution in [0.5, 0.6) is 0 Å². The van der Waals surface area contributed by atoms with Gasteiger partial charge in [0.25, 0.3) is 0 Å². The fourth-order valence-corrected chi connectivity index (χ4v) is 3.39. The Bertz CT molecular complexity index is 532. The molecule has 0 amide bonds. The van der Waals surface area contributed by atoms with Crippen LogP contribution in [0.3, 0.4) is 0 Å². The van der Waals surface area contributed by atoms with E-state index in [1.807, 2.05) is 6.92 Å². The van der Waals surface area contributed by atoms with Crippen LogP contribution in [0.2, 0.25) is 0 Å². The van der Waals surface area contributed by atoms with Crippen molar-refractivity contribution in [1.82, 2.24) is 0 Å². The standard InChI is InChI=1S/C15H17F3OSi/c1-2-3-10-14(20)13(19-14,15(16,17)18)11-9-12-7-5-4-6-8-12/h4-8H,2-3,10H2,1,20H3. The summed E-state index contributed by atoms with van der Waals surface area (Å²) < 4.78 is 45.1. The molecule has 0 bridgehead atoms. The van der Waals surface area contributed by atoms with Gasteiger partial charge in [0.2, 0.25) is 5.60 Å². The maximum Gasteiger partial charge on any atom is 0.431 e. The topological polar surface area (TPSA) is 12.5 Å². The average molecular weight is 298 g/mol. The summed E-state index contributed by atoms with van der Waals surface area (Å²) >= 11 is 0. The highest BCUT2D eigenvalue weighted by Gasteiger charge is 2.79. The van der Waals surface area contributed by atoms with Crippen molar-refractivity contribution in [2.75, 3.05) is 0 Å². The number of ether oxygens (including phenoxy) is 1. The molecule has 0 saturated carbocycles. The van der Waals surface area contributed by atoms with Crippen molar-refractivity contribution in [2.24, 2.45) is 0 Å². The first-order chi connectivity index (χ1) is 9.35. The van der Waals surface area contributed by atoms with Crippen molar-refractivity contribution < 1.29 is 17.9 Å². The van der Waals surface area contributed by atoms with Crippen molar-refractivity contribution >= 4 is 10.2 Å². The molecular weight excluding hydrogens is 281 g/mol. The van der Waals surface area contributed by atoms with E-state index < -0.39 is 17.0 Å². The Labute approximate surface area is 119 Å². The van der Waals surface area contributed by atoms with Gasteiger partial charge in [0.15, 0.2) is 0 Å². The van der Waals surface area contributed by atoms with E-state index in [1.54, 1.807) is 30.3 Å². The lowest BCUT2D eigenvalue weighted by atomic mass is 9.99. The van der Waals surface area contributed by atoms with Crippen LogP contribution in [0.1, 0.15) is 31.7 Å². The highest BCUT2D eigenvalue weighted by Crippen LogP contribution is 2.57. The molecule has 1 saturated heterocycles. The van der Waals surface area contributed by atoms with E-state index in [1.165, 1.54) is 0 Å². The Morgan fingerprint density at radius 1 is 1.25 bits per heavy atom. The fraction of sp³-hybridized carbons (Fsp3) is 0.467. The van der Waals surface area contributed by atoms with E-state index in [0.29, 0.717) is 22.2 Å². The molecule has 1 aliphatic heterocycles. The average Bonchev–Trinajstić information content (AvgIpc) is 3.02. The zero-order valence-corrected chi connectivity index (χ0v) is 13.6. The monoisotopic (exact) mass is 298 g/mol. The lowest BCUT2D eigenvalue weighted by molar-refractivity contribution is -0.167. The minimum Gasteiger partial charge on any atom is -0.345 e. The molecule has 0 N–H and O–H groups in total. The molecule has 5 heteroatoms. The lowest BCUT2D eigenvalue weighted by Crippen LogP contribution is -2.39. The van der Waals surface area contributed by atoms with Crippen LogP contribution in [0, 0.1) is 11.8 Å². The molecule has 1 aliphatic rings. The third-order valence-electron chi connectivity index (χ3n) is 3.64. The van der Waals surface area contributed by atoms with E-state index in [-0.39, 0.29) is 0 Å². The minimum absolute atomic E-state index is 0.323. The van der Waals surface area contributed by atoms with Gasteiger partial charge in [0, 0.05) is 15.8 Å². The van der Waals surface area contributed by atoms with Crippen molar-refractivity contribution in [3.8, 4) is 11.8 Å². The van der Waals surface area contributed by atoms with Gasteiger partial charge < -0.3 is 4.74 Å². The van der Waals surface area contributed by atoms with E-state index in [9.17, 15) is 13.2 Å². The SMILES string of the molecule is CCCCC1([SiH3])OC1(C#Cc1ccccc1)C(F)(F)F. The third kappa shape index (κ3) is 2.63. The number of epoxide rings is 1. The number of hydrogen-bond donors (Lipinski definition) is 0. The normalized spacial score (nSPS) is 28.8. The quantitative estimate of drug-likeness (QED) is 0.475. The number of rotatable bonds is 3. The summed E-state index contributed by atoms with van der Waals surface area (Å²) in [5.41, 5.74) is -1.68. The molecule has 1 heterocycles. The minimum atomic E-state index is -4.44. The molecular formula is C15H17F3OSi. The predicted molar refractivity (Wildman–Crippen MR) is 75.4 cm³/mol. The second kappa shape index (κ2) is 5.26. The smallest absolute Gasteiger partial charge is 0.345 e. The van der Waals surface area contributed by atoms with Gasteiger partial charge >= 0.3 is 6.18 Å². The number of unbranched alkanes of at least 4 members (excludes halogenated alkanes) is 1. The van der Waals surface area contributed by atoms with E-state index >= 15 is 0 Å². The van der Waals surface area contributed by atoms with Crippen LogP contribution in [0.25, 0.3) is 0 Å². The summed E-state index contributed by atoms with van der Waals surface area (Å²) in [6.45, 7) is 1.96. The summed E-state index contributed by atoms with van der Waals surface area (Å²) in [5, 5.41) is -1.08. The second-order valence-electron chi connectivity index (χ2n) is 5.23. The van der Waals surface area contributed by atoms with Gasteiger partial charge in [-0.05, 0) is 18.6 Å². The first-order valence-corrected chi connectivity index (χ1v) is 7.70. The Kier molecular flexibility index (Phi) is 3.99. The van der Waals surface area contributed by atoms with Gasteiger partial charge in [-0.2, -0.15) is 13.2 Å². The maximum absolute atomic E-state index is 13.3. The summed E-state index contributed by atoms with van der Waals surface area (Å²) in [7, 11) is 0.323. The van der Waals surface area contributed by atoms with Crippen molar-refractivity contribution in [2.45, 2.75) is 43.2 Å².